The topological polar surface area (TPSA) is 43.6 Å². The molecule has 1 aliphatic rings. The van der Waals surface area contributed by atoms with E-state index in [0.717, 1.165) is 61.5 Å². The summed E-state index contributed by atoms with van der Waals surface area (Å²) in [4.78, 5) is 5.26. The summed E-state index contributed by atoms with van der Waals surface area (Å²) in [5.41, 5.74) is 17.0. The molecule has 0 atom stereocenters. The molecule has 4 heteroatoms. The maximum Gasteiger partial charge on any atom is 0.182 e. The van der Waals surface area contributed by atoms with Crippen molar-refractivity contribution >= 4 is 38.2 Å². The molecule has 0 saturated carbocycles. The second-order valence-electron chi connectivity index (χ2n) is 15.2. The van der Waals surface area contributed by atoms with Crippen molar-refractivity contribution in [2.45, 2.75) is 6.92 Å². The Balaban J connectivity index is 1.23. The SMILES string of the molecule is C=C/C(=C\C=C/C)c1cc2c3c4c(cc(-c5ccccc5)cc4n(-c4cccc(-c5nnc(-c6ccccc6)c(-c6ccccc6)n5)c4)c3c1)-c1cccc3cccc-2c13. The van der Waals surface area contributed by atoms with Gasteiger partial charge in [0.15, 0.2) is 5.82 Å². The molecule has 0 aliphatic heterocycles. The maximum absolute atomic E-state index is 5.26. The second-order valence-corrected chi connectivity index (χ2v) is 15.2. The quantitative estimate of drug-likeness (QED) is 0.145. The van der Waals surface area contributed by atoms with Crippen molar-refractivity contribution in [2.24, 2.45) is 0 Å². The molecule has 0 spiro atoms. The molecule has 0 unspecified atom stereocenters. The van der Waals surface area contributed by atoms with Gasteiger partial charge in [-0.3, -0.25) is 0 Å². The lowest BCUT2D eigenvalue weighted by Crippen LogP contribution is -2.01. The van der Waals surface area contributed by atoms with Gasteiger partial charge < -0.3 is 4.57 Å². The van der Waals surface area contributed by atoms with Gasteiger partial charge >= 0.3 is 0 Å². The van der Waals surface area contributed by atoms with E-state index in [1.165, 1.54) is 49.4 Å². The molecule has 0 bridgehead atoms. The maximum atomic E-state index is 5.26. The van der Waals surface area contributed by atoms with Crippen molar-refractivity contribution in [3.05, 3.63) is 212 Å². The number of allylic oxidation sites excluding steroid dienone is 5. The zero-order valence-corrected chi connectivity index (χ0v) is 33.0. The lowest BCUT2D eigenvalue weighted by molar-refractivity contribution is 0.991. The van der Waals surface area contributed by atoms with Crippen molar-refractivity contribution in [2.75, 3.05) is 0 Å². The largest absolute Gasteiger partial charge is 0.309 e. The number of hydrogen-bond acceptors (Lipinski definition) is 3. The van der Waals surface area contributed by atoms with E-state index in [1.807, 2.05) is 49.4 Å². The average molecular weight is 767 g/mol. The van der Waals surface area contributed by atoms with Crippen LogP contribution >= 0.6 is 0 Å². The van der Waals surface area contributed by atoms with Crippen LogP contribution in [-0.4, -0.2) is 19.7 Å². The van der Waals surface area contributed by atoms with Gasteiger partial charge in [-0.1, -0.05) is 170 Å². The van der Waals surface area contributed by atoms with E-state index < -0.39 is 0 Å². The summed E-state index contributed by atoms with van der Waals surface area (Å²) in [5, 5.41) is 14.6. The predicted octanol–water partition coefficient (Wildman–Crippen LogP) is 14.6. The summed E-state index contributed by atoms with van der Waals surface area (Å²) in [6.07, 6.45) is 8.24. The van der Waals surface area contributed by atoms with E-state index in [0.29, 0.717) is 5.82 Å². The van der Waals surface area contributed by atoms with Crippen LogP contribution in [0.5, 0.6) is 0 Å². The van der Waals surface area contributed by atoms with Gasteiger partial charge in [0.2, 0.25) is 0 Å². The molecular formula is C56H38N4. The highest BCUT2D eigenvalue weighted by atomic mass is 15.2. The summed E-state index contributed by atoms with van der Waals surface area (Å²) in [6, 6.07) is 62.6. The molecule has 2 heterocycles. The predicted molar refractivity (Wildman–Crippen MR) is 251 cm³/mol. The number of aromatic nitrogens is 4. The van der Waals surface area contributed by atoms with E-state index in [-0.39, 0.29) is 0 Å². The molecule has 8 aromatic carbocycles. The highest BCUT2D eigenvalue weighted by Gasteiger charge is 2.27. The Labute approximate surface area is 348 Å². The summed E-state index contributed by atoms with van der Waals surface area (Å²) in [6.45, 7) is 6.31. The lowest BCUT2D eigenvalue weighted by Gasteiger charge is -2.16. The standard InChI is InChI=1S/C56H38N4/c1-3-5-18-36(4-2)42-32-47-45-29-16-25-38-26-17-30-46(51(38)45)48-33-43(37-19-9-6-10-20-37)35-50-53(48)52(47)49(34-42)60(50)44-28-15-27-41(31-44)56-57-54(39-21-11-7-12-22-39)55(58-59-56)40-23-13-8-14-24-40/h3-35H,2H2,1H3/b5-3-,36-18+. The van der Waals surface area contributed by atoms with Crippen LogP contribution in [0.15, 0.2) is 207 Å². The minimum atomic E-state index is 0.563. The molecule has 0 fully saturated rings. The Morgan fingerprint density at radius 1 is 0.500 bits per heavy atom. The minimum absolute atomic E-state index is 0.563. The molecule has 10 aromatic rings. The lowest BCUT2D eigenvalue weighted by atomic mass is 9.91. The van der Waals surface area contributed by atoms with Crippen LogP contribution < -0.4 is 0 Å². The summed E-state index contributed by atoms with van der Waals surface area (Å²) < 4.78 is 2.44. The van der Waals surface area contributed by atoms with Gasteiger partial charge in [-0.15, -0.1) is 10.2 Å². The van der Waals surface area contributed by atoms with Crippen LogP contribution in [-0.2, 0) is 0 Å². The fraction of sp³-hybridized carbons (Fsp3) is 0.0179. The summed E-state index contributed by atoms with van der Waals surface area (Å²) in [5.74, 6) is 0.563. The van der Waals surface area contributed by atoms with Crippen LogP contribution in [0.1, 0.15) is 12.5 Å². The van der Waals surface area contributed by atoms with Crippen LogP contribution in [0.4, 0.5) is 0 Å². The number of hydrogen-bond donors (Lipinski definition) is 0. The van der Waals surface area contributed by atoms with Gasteiger partial charge in [-0.25, -0.2) is 4.98 Å². The first-order valence-corrected chi connectivity index (χ1v) is 20.3. The van der Waals surface area contributed by atoms with Gasteiger partial charge in [-0.05, 0) is 98.6 Å². The van der Waals surface area contributed by atoms with E-state index in [1.54, 1.807) is 0 Å². The van der Waals surface area contributed by atoms with Crippen LogP contribution in [0.2, 0.25) is 0 Å². The fourth-order valence-electron chi connectivity index (χ4n) is 9.02. The number of rotatable bonds is 8. The molecular weight excluding hydrogens is 729 g/mol. The Kier molecular flexibility index (Phi) is 8.49. The smallest absolute Gasteiger partial charge is 0.182 e. The Hall–Kier alpha value is -7.95. The van der Waals surface area contributed by atoms with Crippen molar-refractivity contribution in [1.82, 2.24) is 19.7 Å². The number of nitrogens with zero attached hydrogens (tertiary/aromatic N) is 4. The highest BCUT2D eigenvalue weighted by molar-refractivity contribution is 6.28. The minimum Gasteiger partial charge on any atom is -0.309 e. The fourth-order valence-corrected chi connectivity index (χ4v) is 9.02. The monoisotopic (exact) mass is 766 g/mol. The van der Waals surface area contributed by atoms with Crippen molar-refractivity contribution in [3.63, 3.8) is 0 Å². The van der Waals surface area contributed by atoms with Crippen LogP contribution in [0.3, 0.4) is 0 Å². The molecule has 0 amide bonds. The van der Waals surface area contributed by atoms with Crippen molar-refractivity contribution < 1.29 is 0 Å². The first-order valence-electron chi connectivity index (χ1n) is 20.3. The number of fused-ring (bicyclic) bond motifs is 2. The molecule has 0 N–H and O–H groups in total. The Morgan fingerprint density at radius 2 is 1.10 bits per heavy atom. The Bertz CT molecular complexity index is 3370. The first kappa shape index (κ1) is 35.2. The molecule has 11 rings (SSSR count). The van der Waals surface area contributed by atoms with E-state index in [9.17, 15) is 0 Å². The Morgan fingerprint density at radius 3 is 1.77 bits per heavy atom. The third-order valence-electron chi connectivity index (χ3n) is 11.7. The molecule has 1 aliphatic carbocycles. The third-order valence-corrected chi connectivity index (χ3v) is 11.7. The van der Waals surface area contributed by atoms with Gasteiger partial charge in [0.05, 0.1) is 11.0 Å². The third kappa shape index (κ3) is 5.72. The molecule has 0 radical (unpaired) electrons. The molecule has 282 valence electrons. The van der Waals surface area contributed by atoms with E-state index in [4.69, 9.17) is 15.2 Å². The van der Waals surface area contributed by atoms with E-state index in [2.05, 4.69) is 169 Å². The molecule has 2 aromatic heterocycles. The number of benzene rings is 8. The van der Waals surface area contributed by atoms with Crippen molar-refractivity contribution in [1.29, 1.82) is 0 Å². The molecule has 4 nitrogen and oxygen atoms in total. The molecule has 0 saturated heterocycles. The first-order chi connectivity index (χ1) is 29.7. The summed E-state index contributed by atoms with van der Waals surface area (Å²) >= 11 is 0. The normalized spacial score (nSPS) is 12.2. The van der Waals surface area contributed by atoms with Gasteiger partial charge in [-0.2, -0.15) is 0 Å². The summed E-state index contributed by atoms with van der Waals surface area (Å²) in [7, 11) is 0. The van der Waals surface area contributed by atoms with Gasteiger partial charge in [0.1, 0.15) is 11.4 Å². The zero-order valence-electron chi connectivity index (χ0n) is 33.0. The van der Waals surface area contributed by atoms with Crippen LogP contribution in [0, 0.1) is 0 Å². The molecule has 60 heavy (non-hydrogen) atoms. The van der Waals surface area contributed by atoms with Gasteiger partial charge in [0, 0.05) is 33.2 Å². The van der Waals surface area contributed by atoms with Gasteiger partial charge in [0.25, 0.3) is 0 Å². The average Bonchev–Trinajstić information content (AvgIpc) is 3.59. The van der Waals surface area contributed by atoms with Crippen LogP contribution in [0.25, 0.3) is 111 Å². The van der Waals surface area contributed by atoms with E-state index >= 15 is 0 Å². The van der Waals surface area contributed by atoms with Crippen molar-refractivity contribution in [3.8, 4) is 73.0 Å². The zero-order chi connectivity index (χ0) is 40.2. The highest BCUT2D eigenvalue weighted by Crippen LogP contribution is 2.51. The second kappa shape index (κ2) is 14.5.